The van der Waals surface area contributed by atoms with Crippen molar-refractivity contribution in [2.75, 3.05) is 11.5 Å². The second-order valence-corrected chi connectivity index (χ2v) is 7.80. The number of amides is 1. The first-order valence-corrected chi connectivity index (χ1v) is 11.2. The van der Waals surface area contributed by atoms with E-state index in [1.807, 2.05) is 30.3 Å². The average molecular weight is 439 g/mol. The Labute approximate surface area is 186 Å². The first-order chi connectivity index (χ1) is 15.1. The Kier molecular flexibility index (Phi) is 8.18. The molecule has 0 spiro atoms. The van der Waals surface area contributed by atoms with Crippen LogP contribution < -0.4 is 9.64 Å². The largest absolute Gasteiger partial charge is 0.494 e. The van der Waals surface area contributed by atoms with Gasteiger partial charge in [-0.3, -0.25) is 9.69 Å². The Bertz CT molecular complexity index is 986. The standard InChI is InChI=1S/C24H26N2O4S/c1-3-4-8-15-29-22-13-11-19(12-14-22)23(28)30-16-20-17-31-24(25-20)26(18(2)27)21-9-6-5-7-10-21/h5-7,9-14,17H,3-4,8,15-16H2,1-2H3. The van der Waals surface area contributed by atoms with Crippen LogP contribution in [0.25, 0.3) is 0 Å². The second-order valence-electron chi connectivity index (χ2n) is 6.97. The molecule has 0 unspecified atom stereocenters. The number of nitrogens with zero attached hydrogens (tertiary/aromatic N) is 2. The van der Waals surface area contributed by atoms with E-state index in [-0.39, 0.29) is 12.5 Å². The van der Waals surface area contributed by atoms with Crippen molar-refractivity contribution >= 4 is 34.0 Å². The van der Waals surface area contributed by atoms with E-state index in [9.17, 15) is 9.59 Å². The first kappa shape index (κ1) is 22.5. The molecule has 0 saturated heterocycles. The number of hydrogen-bond donors (Lipinski definition) is 0. The molecule has 1 aromatic heterocycles. The number of carbonyl (C=O) groups excluding carboxylic acids is 2. The van der Waals surface area contributed by atoms with Crippen molar-refractivity contribution in [3.05, 3.63) is 71.2 Å². The van der Waals surface area contributed by atoms with E-state index in [0.717, 1.165) is 30.7 Å². The van der Waals surface area contributed by atoms with E-state index in [1.165, 1.54) is 23.2 Å². The minimum atomic E-state index is -0.432. The molecule has 0 saturated carbocycles. The van der Waals surface area contributed by atoms with Crippen molar-refractivity contribution in [3.63, 3.8) is 0 Å². The predicted octanol–water partition coefficient (Wildman–Crippen LogP) is 5.75. The molecule has 6 nitrogen and oxygen atoms in total. The molecular formula is C24H26N2O4S. The zero-order valence-corrected chi connectivity index (χ0v) is 18.6. The number of rotatable bonds is 10. The number of carbonyl (C=O) groups is 2. The van der Waals surface area contributed by atoms with Gasteiger partial charge in [-0.25, -0.2) is 9.78 Å². The normalized spacial score (nSPS) is 10.5. The van der Waals surface area contributed by atoms with Crippen LogP contribution in [-0.2, 0) is 16.1 Å². The van der Waals surface area contributed by atoms with Gasteiger partial charge in [-0.1, -0.05) is 38.0 Å². The van der Waals surface area contributed by atoms with Crippen LogP contribution in [0.3, 0.4) is 0 Å². The molecule has 0 bridgehead atoms. The third-order valence-electron chi connectivity index (χ3n) is 4.52. The molecule has 7 heteroatoms. The van der Waals surface area contributed by atoms with Gasteiger partial charge in [0.2, 0.25) is 5.91 Å². The van der Waals surface area contributed by atoms with Crippen LogP contribution in [0.2, 0.25) is 0 Å². The zero-order chi connectivity index (χ0) is 22.1. The minimum Gasteiger partial charge on any atom is -0.494 e. The predicted molar refractivity (Wildman–Crippen MR) is 122 cm³/mol. The van der Waals surface area contributed by atoms with Crippen molar-refractivity contribution in [2.45, 2.75) is 39.7 Å². The Morgan fingerprint density at radius 1 is 1.03 bits per heavy atom. The molecule has 0 atom stereocenters. The van der Waals surface area contributed by atoms with Gasteiger partial charge in [-0.05, 0) is 42.8 Å². The highest BCUT2D eigenvalue weighted by Gasteiger charge is 2.18. The van der Waals surface area contributed by atoms with Gasteiger partial charge in [-0.15, -0.1) is 11.3 Å². The fourth-order valence-electron chi connectivity index (χ4n) is 2.92. The summed E-state index contributed by atoms with van der Waals surface area (Å²) in [6.45, 7) is 4.34. The number of anilines is 2. The van der Waals surface area contributed by atoms with Crippen molar-refractivity contribution in [1.82, 2.24) is 4.98 Å². The monoisotopic (exact) mass is 438 g/mol. The van der Waals surface area contributed by atoms with Crippen molar-refractivity contribution in [2.24, 2.45) is 0 Å². The number of esters is 1. The van der Waals surface area contributed by atoms with Crippen LogP contribution >= 0.6 is 11.3 Å². The summed E-state index contributed by atoms with van der Waals surface area (Å²) in [5, 5.41) is 2.32. The maximum absolute atomic E-state index is 12.3. The molecular weight excluding hydrogens is 412 g/mol. The summed E-state index contributed by atoms with van der Waals surface area (Å²) >= 11 is 1.33. The molecule has 0 N–H and O–H groups in total. The van der Waals surface area contributed by atoms with Gasteiger partial charge in [0.15, 0.2) is 5.13 Å². The van der Waals surface area contributed by atoms with Gasteiger partial charge >= 0.3 is 5.97 Å². The van der Waals surface area contributed by atoms with Crippen LogP contribution in [0.1, 0.15) is 49.2 Å². The summed E-state index contributed by atoms with van der Waals surface area (Å²) in [6, 6.07) is 16.2. The maximum atomic E-state index is 12.3. The summed E-state index contributed by atoms with van der Waals surface area (Å²) in [5.41, 5.74) is 1.78. The summed E-state index contributed by atoms with van der Waals surface area (Å²) in [6.07, 6.45) is 3.30. The molecule has 3 aromatic rings. The molecule has 31 heavy (non-hydrogen) atoms. The molecule has 0 radical (unpaired) electrons. The van der Waals surface area contributed by atoms with Crippen molar-refractivity contribution in [1.29, 1.82) is 0 Å². The lowest BCUT2D eigenvalue weighted by molar-refractivity contribution is -0.115. The van der Waals surface area contributed by atoms with Gasteiger partial charge < -0.3 is 9.47 Å². The average Bonchev–Trinajstić information content (AvgIpc) is 3.24. The van der Waals surface area contributed by atoms with E-state index in [0.29, 0.717) is 23.0 Å². The van der Waals surface area contributed by atoms with E-state index in [1.54, 1.807) is 29.6 Å². The fourth-order valence-corrected chi connectivity index (χ4v) is 3.79. The molecule has 1 amide bonds. The summed E-state index contributed by atoms with van der Waals surface area (Å²) < 4.78 is 11.0. The quantitative estimate of drug-likeness (QED) is 0.298. The van der Waals surface area contributed by atoms with Crippen LogP contribution in [-0.4, -0.2) is 23.5 Å². The Morgan fingerprint density at radius 2 is 1.77 bits per heavy atom. The fraction of sp³-hybridized carbons (Fsp3) is 0.292. The Morgan fingerprint density at radius 3 is 2.45 bits per heavy atom. The summed E-state index contributed by atoms with van der Waals surface area (Å²) in [4.78, 5) is 30.5. The summed E-state index contributed by atoms with van der Waals surface area (Å²) in [5.74, 6) is 0.168. The van der Waals surface area contributed by atoms with Crippen LogP contribution in [0.4, 0.5) is 10.8 Å². The lowest BCUT2D eigenvalue weighted by atomic mass is 10.2. The molecule has 0 fully saturated rings. The maximum Gasteiger partial charge on any atom is 0.338 e. The molecule has 0 aliphatic carbocycles. The lowest BCUT2D eigenvalue weighted by Crippen LogP contribution is -2.22. The zero-order valence-electron chi connectivity index (χ0n) is 17.7. The van der Waals surface area contributed by atoms with Gasteiger partial charge in [-0.2, -0.15) is 0 Å². The number of para-hydroxylation sites is 1. The third-order valence-corrected chi connectivity index (χ3v) is 5.39. The second kappa shape index (κ2) is 11.3. The SMILES string of the molecule is CCCCCOc1ccc(C(=O)OCc2csc(N(C(C)=O)c3ccccc3)n2)cc1. The highest BCUT2D eigenvalue weighted by Crippen LogP contribution is 2.29. The molecule has 0 aliphatic heterocycles. The van der Waals surface area contributed by atoms with Gasteiger partial charge in [0.05, 0.1) is 23.6 Å². The van der Waals surface area contributed by atoms with E-state index in [2.05, 4.69) is 11.9 Å². The number of aromatic nitrogens is 1. The van der Waals surface area contributed by atoms with Crippen molar-refractivity contribution < 1.29 is 19.1 Å². The van der Waals surface area contributed by atoms with Crippen LogP contribution in [0.5, 0.6) is 5.75 Å². The number of ether oxygens (including phenoxy) is 2. The first-order valence-electron chi connectivity index (χ1n) is 10.3. The van der Waals surface area contributed by atoms with Crippen LogP contribution in [0, 0.1) is 0 Å². The van der Waals surface area contributed by atoms with Gasteiger partial charge in [0.1, 0.15) is 12.4 Å². The van der Waals surface area contributed by atoms with E-state index < -0.39 is 5.97 Å². The Balaban J connectivity index is 1.56. The molecule has 0 aliphatic rings. The number of benzene rings is 2. The molecule has 162 valence electrons. The van der Waals surface area contributed by atoms with Crippen molar-refractivity contribution in [3.8, 4) is 5.75 Å². The molecule has 2 aromatic carbocycles. The minimum absolute atomic E-state index is 0.0329. The highest BCUT2D eigenvalue weighted by atomic mass is 32.1. The third kappa shape index (κ3) is 6.39. The summed E-state index contributed by atoms with van der Waals surface area (Å²) in [7, 11) is 0. The Hall–Kier alpha value is -3.19. The topological polar surface area (TPSA) is 68.7 Å². The number of hydrogen-bond acceptors (Lipinski definition) is 6. The van der Waals surface area contributed by atoms with E-state index in [4.69, 9.17) is 9.47 Å². The van der Waals surface area contributed by atoms with Gasteiger partial charge in [0, 0.05) is 12.3 Å². The number of unbranched alkanes of at least 4 members (excludes halogenated alkanes) is 2. The molecule has 1 heterocycles. The van der Waals surface area contributed by atoms with E-state index >= 15 is 0 Å². The van der Waals surface area contributed by atoms with Gasteiger partial charge in [0.25, 0.3) is 0 Å². The van der Waals surface area contributed by atoms with Crippen LogP contribution in [0.15, 0.2) is 60.0 Å². The number of thiazole rings is 1. The smallest absolute Gasteiger partial charge is 0.338 e. The highest BCUT2D eigenvalue weighted by molar-refractivity contribution is 7.14. The lowest BCUT2D eigenvalue weighted by Gasteiger charge is -2.17. The molecule has 3 rings (SSSR count).